The Morgan fingerprint density at radius 2 is 1.43 bits per heavy atom. The van der Waals surface area contributed by atoms with E-state index in [-0.39, 0.29) is 5.78 Å². The van der Waals surface area contributed by atoms with Gasteiger partial charge in [-0.2, -0.15) is 10.2 Å². The summed E-state index contributed by atoms with van der Waals surface area (Å²) in [6.45, 7) is 5.36. The summed E-state index contributed by atoms with van der Waals surface area (Å²) in [5, 5.41) is 9.94. The fourth-order valence-electron chi connectivity index (χ4n) is 2.55. The first-order valence-corrected chi connectivity index (χ1v) is 7.99. The lowest BCUT2D eigenvalue weighted by molar-refractivity contribution is -0.119. The van der Waals surface area contributed by atoms with E-state index in [1.165, 1.54) is 0 Å². The van der Waals surface area contributed by atoms with Crippen LogP contribution in [0.25, 0.3) is 0 Å². The maximum Gasteiger partial charge on any atom is 0.139 e. The second kappa shape index (κ2) is 7.24. The lowest BCUT2D eigenvalue weighted by Gasteiger charge is -2.28. The highest BCUT2D eigenvalue weighted by atomic mass is 35.5. The molecule has 0 amide bonds. The molecule has 0 N–H and O–H groups in total. The summed E-state index contributed by atoms with van der Waals surface area (Å²) in [4.78, 5) is 12.2. The smallest absolute Gasteiger partial charge is 0.139 e. The highest BCUT2D eigenvalue weighted by molar-refractivity contribution is 6.30. The average molecular weight is 349 g/mol. The standard InChI is InChI=1S/C18H18Cl2N2O/c1-12(23)17(13-4-6-14(19)7-5-13)18(2,3)22-21-16-10-8-15(20)9-11-16/h4-11,17H,1-3H3. The minimum Gasteiger partial charge on any atom is -0.299 e. The summed E-state index contributed by atoms with van der Waals surface area (Å²) in [6, 6.07) is 14.3. The van der Waals surface area contributed by atoms with Gasteiger partial charge in [-0.3, -0.25) is 4.79 Å². The summed E-state index contributed by atoms with van der Waals surface area (Å²) in [7, 11) is 0. The average Bonchev–Trinajstić information content (AvgIpc) is 2.48. The fraction of sp³-hybridized carbons (Fsp3) is 0.278. The highest BCUT2D eigenvalue weighted by Crippen LogP contribution is 2.34. The second-order valence-corrected chi connectivity index (χ2v) is 6.80. The van der Waals surface area contributed by atoms with Crippen LogP contribution in [0, 0.1) is 0 Å². The lowest BCUT2D eigenvalue weighted by atomic mass is 9.80. The zero-order valence-corrected chi connectivity index (χ0v) is 14.8. The number of benzene rings is 2. The van der Waals surface area contributed by atoms with Crippen LogP contribution in [0.5, 0.6) is 0 Å². The maximum atomic E-state index is 12.2. The number of ketones is 1. The summed E-state index contributed by atoms with van der Waals surface area (Å²) in [6.07, 6.45) is 0. The third-order valence-corrected chi connectivity index (χ3v) is 4.07. The molecule has 0 radical (unpaired) electrons. The van der Waals surface area contributed by atoms with Crippen molar-refractivity contribution in [3.63, 3.8) is 0 Å². The first-order valence-electron chi connectivity index (χ1n) is 7.24. The van der Waals surface area contributed by atoms with E-state index in [9.17, 15) is 4.79 Å². The molecule has 0 saturated heterocycles. The molecule has 2 aromatic carbocycles. The Hall–Kier alpha value is -1.71. The molecule has 3 nitrogen and oxygen atoms in total. The number of nitrogens with zero attached hydrogens (tertiary/aromatic N) is 2. The molecule has 120 valence electrons. The zero-order chi connectivity index (χ0) is 17.0. The molecule has 0 aliphatic carbocycles. The number of Topliss-reactive ketones (excluding diaryl/α,β-unsaturated/α-hetero) is 1. The van der Waals surface area contributed by atoms with E-state index in [4.69, 9.17) is 23.2 Å². The predicted molar refractivity (Wildman–Crippen MR) is 94.9 cm³/mol. The van der Waals surface area contributed by atoms with Crippen LogP contribution in [0.3, 0.4) is 0 Å². The minimum absolute atomic E-state index is 0.0346. The molecular weight excluding hydrogens is 331 g/mol. The predicted octanol–water partition coefficient (Wildman–Crippen LogP) is 6.23. The Kier molecular flexibility index (Phi) is 5.55. The van der Waals surface area contributed by atoms with Crippen LogP contribution < -0.4 is 0 Å². The van der Waals surface area contributed by atoms with Gasteiger partial charge in [-0.15, -0.1) is 0 Å². The number of azo groups is 1. The van der Waals surface area contributed by atoms with Crippen LogP contribution in [0.15, 0.2) is 58.8 Å². The van der Waals surface area contributed by atoms with Crippen molar-refractivity contribution in [2.24, 2.45) is 10.2 Å². The molecule has 0 bridgehead atoms. The molecule has 0 heterocycles. The van der Waals surface area contributed by atoms with E-state index in [2.05, 4.69) is 10.2 Å². The second-order valence-electron chi connectivity index (χ2n) is 5.93. The van der Waals surface area contributed by atoms with Gasteiger partial charge in [-0.05, 0) is 62.7 Å². The van der Waals surface area contributed by atoms with Crippen molar-refractivity contribution in [3.8, 4) is 0 Å². The Balaban J connectivity index is 2.31. The summed E-state index contributed by atoms with van der Waals surface area (Å²) in [5.74, 6) is -0.358. The van der Waals surface area contributed by atoms with Crippen LogP contribution in [0.2, 0.25) is 10.0 Å². The molecule has 1 atom stereocenters. The van der Waals surface area contributed by atoms with E-state index in [0.717, 1.165) is 5.56 Å². The third-order valence-electron chi connectivity index (χ3n) is 3.57. The third kappa shape index (κ3) is 4.63. The van der Waals surface area contributed by atoms with Gasteiger partial charge < -0.3 is 0 Å². The SMILES string of the molecule is CC(=O)C(c1ccc(Cl)cc1)C(C)(C)N=Nc1ccc(Cl)cc1. The quantitative estimate of drug-likeness (QED) is 0.590. The molecule has 2 rings (SSSR count). The van der Waals surface area contributed by atoms with Gasteiger partial charge in [0.05, 0.1) is 17.1 Å². The van der Waals surface area contributed by atoms with Crippen molar-refractivity contribution < 1.29 is 4.79 Å². The normalized spacial score (nSPS) is 13.3. The topological polar surface area (TPSA) is 41.8 Å². The van der Waals surface area contributed by atoms with Gasteiger partial charge in [0.25, 0.3) is 0 Å². The van der Waals surface area contributed by atoms with E-state index in [0.29, 0.717) is 15.7 Å². The maximum absolute atomic E-state index is 12.2. The van der Waals surface area contributed by atoms with Crippen LogP contribution >= 0.6 is 23.2 Å². The van der Waals surface area contributed by atoms with Gasteiger partial charge in [0, 0.05) is 10.0 Å². The number of rotatable bonds is 5. The molecule has 0 aliphatic rings. The van der Waals surface area contributed by atoms with E-state index in [1.54, 1.807) is 43.3 Å². The van der Waals surface area contributed by atoms with Crippen LogP contribution in [-0.4, -0.2) is 11.3 Å². The van der Waals surface area contributed by atoms with Crippen LogP contribution in [-0.2, 0) is 4.79 Å². The molecular formula is C18H18Cl2N2O. The molecule has 0 spiro atoms. The van der Waals surface area contributed by atoms with Crippen molar-refractivity contribution in [2.45, 2.75) is 32.2 Å². The molecule has 1 unspecified atom stereocenters. The van der Waals surface area contributed by atoms with Crippen molar-refractivity contribution in [2.75, 3.05) is 0 Å². The summed E-state index contributed by atoms with van der Waals surface area (Å²) in [5.41, 5.74) is 0.891. The van der Waals surface area contributed by atoms with Gasteiger partial charge >= 0.3 is 0 Å². The minimum atomic E-state index is -0.681. The lowest BCUT2D eigenvalue weighted by Crippen LogP contribution is -2.31. The van der Waals surface area contributed by atoms with Gasteiger partial charge in [0.1, 0.15) is 5.78 Å². The van der Waals surface area contributed by atoms with E-state index < -0.39 is 11.5 Å². The monoisotopic (exact) mass is 348 g/mol. The van der Waals surface area contributed by atoms with Crippen LogP contribution in [0.4, 0.5) is 5.69 Å². The number of hydrogen-bond donors (Lipinski definition) is 0. The van der Waals surface area contributed by atoms with Gasteiger partial charge in [0.15, 0.2) is 0 Å². The molecule has 0 aliphatic heterocycles. The van der Waals surface area contributed by atoms with E-state index >= 15 is 0 Å². The Morgan fingerprint density at radius 3 is 1.91 bits per heavy atom. The number of carbonyl (C=O) groups excluding carboxylic acids is 1. The summed E-state index contributed by atoms with van der Waals surface area (Å²) >= 11 is 11.8. The van der Waals surface area contributed by atoms with Crippen molar-refractivity contribution in [1.29, 1.82) is 0 Å². The Bertz CT molecular complexity index is 707. The van der Waals surface area contributed by atoms with Gasteiger partial charge in [-0.25, -0.2) is 0 Å². The molecule has 0 aromatic heterocycles. The van der Waals surface area contributed by atoms with Crippen molar-refractivity contribution in [1.82, 2.24) is 0 Å². The molecule has 2 aromatic rings. The zero-order valence-electron chi connectivity index (χ0n) is 13.3. The number of carbonyl (C=O) groups is 1. The largest absolute Gasteiger partial charge is 0.299 e. The molecule has 5 heteroatoms. The molecule has 23 heavy (non-hydrogen) atoms. The highest BCUT2D eigenvalue weighted by Gasteiger charge is 2.34. The van der Waals surface area contributed by atoms with Gasteiger partial charge in [-0.1, -0.05) is 35.3 Å². The Morgan fingerprint density at radius 1 is 0.957 bits per heavy atom. The van der Waals surface area contributed by atoms with Gasteiger partial charge in [0.2, 0.25) is 0 Å². The van der Waals surface area contributed by atoms with Crippen molar-refractivity contribution in [3.05, 3.63) is 64.1 Å². The van der Waals surface area contributed by atoms with E-state index in [1.807, 2.05) is 26.0 Å². The first-order chi connectivity index (χ1) is 10.8. The van der Waals surface area contributed by atoms with Crippen molar-refractivity contribution >= 4 is 34.7 Å². The summed E-state index contributed by atoms with van der Waals surface area (Å²) < 4.78 is 0. The molecule has 0 saturated carbocycles. The first kappa shape index (κ1) is 17.6. The van der Waals surface area contributed by atoms with Crippen LogP contribution in [0.1, 0.15) is 32.3 Å². The fourth-order valence-corrected chi connectivity index (χ4v) is 2.80. The Labute approximate surface area is 146 Å². The number of halogens is 2. The molecule has 0 fully saturated rings. The number of hydrogen-bond acceptors (Lipinski definition) is 3.